The van der Waals surface area contributed by atoms with Crippen LogP contribution in [-0.2, 0) is 16.4 Å². The number of sulfonamides is 1. The molecule has 8 nitrogen and oxygen atoms in total. The summed E-state index contributed by atoms with van der Waals surface area (Å²) in [4.78, 5) is 34.1. The minimum Gasteiger partial charge on any atom is -0.273 e. The van der Waals surface area contributed by atoms with E-state index < -0.39 is 21.8 Å². The molecule has 0 aliphatic carbocycles. The summed E-state index contributed by atoms with van der Waals surface area (Å²) in [5.41, 5.74) is 2.36. The number of aromatic nitrogens is 2. The first-order valence-electron chi connectivity index (χ1n) is 9.22. The minimum atomic E-state index is -3.65. The Bertz CT molecular complexity index is 1160. The van der Waals surface area contributed by atoms with Gasteiger partial charge >= 0.3 is 0 Å². The number of nitrogens with one attached hydrogen (secondary N) is 1. The lowest BCUT2D eigenvalue weighted by molar-refractivity contribution is 0.0664. The van der Waals surface area contributed by atoms with Crippen LogP contribution in [0.1, 0.15) is 26.4 Å². The summed E-state index contributed by atoms with van der Waals surface area (Å²) in [6.45, 7) is -0.00541. The van der Waals surface area contributed by atoms with Crippen molar-refractivity contribution in [3.05, 3.63) is 71.0 Å². The summed E-state index contributed by atoms with van der Waals surface area (Å²) >= 11 is 1.48. The first-order chi connectivity index (χ1) is 14.4. The van der Waals surface area contributed by atoms with E-state index in [9.17, 15) is 18.0 Å². The average Bonchev–Trinajstić information content (AvgIpc) is 3.31. The molecule has 0 atom stereocenters. The van der Waals surface area contributed by atoms with Gasteiger partial charge in [-0.1, -0.05) is 12.1 Å². The molecule has 0 bridgehead atoms. The van der Waals surface area contributed by atoms with Gasteiger partial charge in [-0.3, -0.25) is 19.5 Å². The second-order valence-electron chi connectivity index (χ2n) is 6.65. The van der Waals surface area contributed by atoms with Crippen LogP contribution in [-0.4, -0.2) is 53.9 Å². The quantitative estimate of drug-likeness (QED) is 0.534. The number of imide groups is 1. The van der Waals surface area contributed by atoms with Crippen molar-refractivity contribution in [1.82, 2.24) is 19.6 Å². The van der Waals surface area contributed by atoms with Crippen molar-refractivity contribution in [2.24, 2.45) is 0 Å². The lowest BCUT2D eigenvalue weighted by Crippen LogP contribution is -2.38. The van der Waals surface area contributed by atoms with Gasteiger partial charge in [-0.15, -0.1) is 11.3 Å². The van der Waals surface area contributed by atoms with E-state index in [2.05, 4.69) is 14.7 Å². The van der Waals surface area contributed by atoms with E-state index >= 15 is 0 Å². The Hall–Kier alpha value is -2.95. The van der Waals surface area contributed by atoms with Crippen LogP contribution in [0.5, 0.6) is 0 Å². The zero-order valence-corrected chi connectivity index (χ0v) is 17.4. The van der Waals surface area contributed by atoms with Crippen LogP contribution in [0.15, 0.2) is 54.2 Å². The van der Waals surface area contributed by atoms with Crippen LogP contribution in [0.2, 0.25) is 0 Å². The second-order valence-corrected chi connectivity index (χ2v) is 9.44. The topological polar surface area (TPSA) is 109 Å². The Kier molecular flexibility index (Phi) is 5.71. The van der Waals surface area contributed by atoms with E-state index in [1.807, 2.05) is 17.5 Å². The molecule has 2 aromatic heterocycles. The molecular weight excluding hydrogens is 424 g/mol. The molecule has 4 rings (SSSR count). The van der Waals surface area contributed by atoms with Gasteiger partial charge in [0.1, 0.15) is 5.01 Å². The number of amides is 2. The van der Waals surface area contributed by atoms with E-state index in [4.69, 9.17) is 0 Å². The van der Waals surface area contributed by atoms with E-state index in [0.29, 0.717) is 17.5 Å². The molecule has 2 amide bonds. The molecule has 3 heterocycles. The predicted molar refractivity (Wildman–Crippen MR) is 113 cm³/mol. The minimum absolute atomic E-state index is 0.184. The zero-order valence-electron chi connectivity index (χ0n) is 15.8. The number of pyridine rings is 1. The Balaban J connectivity index is 1.29. The average molecular weight is 443 g/mol. The molecular formula is C20H18N4O4S2. The van der Waals surface area contributed by atoms with E-state index in [0.717, 1.165) is 21.2 Å². The van der Waals surface area contributed by atoms with Crippen molar-refractivity contribution in [2.75, 3.05) is 18.8 Å². The second kappa shape index (κ2) is 8.42. The molecule has 1 aliphatic rings. The highest BCUT2D eigenvalue weighted by atomic mass is 32.2. The number of benzene rings is 1. The maximum absolute atomic E-state index is 12.3. The fourth-order valence-corrected chi connectivity index (χ4v) is 4.95. The fraction of sp³-hybridized carbons (Fsp3) is 0.200. The third kappa shape index (κ3) is 4.30. The largest absolute Gasteiger partial charge is 0.273 e. The summed E-state index contributed by atoms with van der Waals surface area (Å²) in [5.74, 6) is -1.27. The van der Waals surface area contributed by atoms with Crippen molar-refractivity contribution in [1.29, 1.82) is 0 Å². The van der Waals surface area contributed by atoms with Gasteiger partial charge < -0.3 is 0 Å². The van der Waals surface area contributed by atoms with Crippen molar-refractivity contribution < 1.29 is 18.0 Å². The van der Waals surface area contributed by atoms with Crippen LogP contribution in [0.3, 0.4) is 0 Å². The SMILES string of the molecule is O=C1c2ccccc2C(=O)N1CCS(=O)(=O)NCCc1csc(-c2ccncc2)n1. The summed E-state index contributed by atoms with van der Waals surface area (Å²) in [7, 11) is -3.65. The van der Waals surface area contributed by atoms with Gasteiger partial charge in [-0.05, 0) is 24.3 Å². The maximum Gasteiger partial charge on any atom is 0.261 e. The van der Waals surface area contributed by atoms with Gasteiger partial charge in [0.25, 0.3) is 11.8 Å². The van der Waals surface area contributed by atoms with Gasteiger partial charge in [-0.2, -0.15) is 0 Å². The zero-order chi connectivity index (χ0) is 21.1. The van der Waals surface area contributed by atoms with Crippen molar-refractivity contribution in [3.8, 4) is 10.6 Å². The number of nitrogens with zero attached hydrogens (tertiary/aromatic N) is 3. The number of hydrogen-bond donors (Lipinski definition) is 1. The standard InChI is InChI=1S/C20H18N4O4S2/c25-19-16-3-1-2-4-17(16)20(26)24(19)11-12-30(27,28)22-10-7-15-13-29-18(23-15)14-5-8-21-9-6-14/h1-6,8-9,13,22H,7,10-12H2. The highest BCUT2D eigenvalue weighted by Crippen LogP contribution is 2.23. The van der Waals surface area contributed by atoms with Gasteiger partial charge in [0.2, 0.25) is 10.0 Å². The maximum atomic E-state index is 12.3. The van der Waals surface area contributed by atoms with E-state index in [-0.39, 0.29) is 18.8 Å². The van der Waals surface area contributed by atoms with Crippen LogP contribution in [0.4, 0.5) is 0 Å². The summed E-state index contributed by atoms with van der Waals surface area (Å²) in [6.07, 6.45) is 3.83. The lowest BCUT2D eigenvalue weighted by Gasteiger charge is -2.14. The van der Waals surface area contributed by atoms with Crippen LogP contribution in [0, 0.1) is 0 Å². The molecule has 3 aromatic rings. The molecule has 0 saturated carbocycles. The highest BCUT2D eigenvalue weighted by Gasteiger charge is 2.35. The smallest absolute Gasteiger partial charge is 0.261 e. The normalized spacial score (nSPS) is 13.7. The molecule has 0 fully saturated rings. The lowest BCUT2D eigenvalue weighted by atomic mass is 10.1. The molecule has 1 aromatic carbocycles. The molecule has 1 N–H and O–H groups in total. The molecule has 0 spiro atoms. The summed E-state index contributed by atoms with van der Waals surface area (Å²) < 4.78 is 27.1. The van der Waals surface area contributed by atoms with Gasteiger partial charge in [-0.25, -0.2) is 18.1 Å². The number of hydrogen-bond acceptors (Lipinski definition) is 7. The van der Waals surface area contributed by atoms with Crippen molar-refractivity contribution in [3.63, 3.8) is 0 Å². The molecule has 10 heteroatoms. The first-order valence-corrected chi connectivity index (χ1v) is 11.8. The summed E-state index contributed by atoms with van der Waals surface area (Å²) in [5, 5.41) is 2.74. The van der Waals surface area contributed by atoms with Crippen LogP contribution < -0.4 is 4.72 Å². The Morgan fingerprint density at radius 1 is 1.00 bits per heavy atom. The van der Waals surface area contributed by atoms with Crippen molar-refractivity contribution >= 4 is 33.2 Å². The summed E-state index contributed by atoms with van der Waals surface area (Å²) in [6, 6.07) is 10.2. The molecule has 154 valence electrons. The van der Waals surface area contributed by atoms with Crippen molar-refractivity contribution in [2.45, 2.75) is 6.42 Å². The number of rotatable bonds is 8. The number of carbonyl (C=O) groups excluding carboxylic acids is 2. The first kappa shape index (κ1) is 20.3. The highest BCUT2D eigenvalue weighted by molar-refractivity contribution is 7.89. The van der Waals surface area contributed by atoms with Crippen LogP contribution in [0.25, 0.3) is 10.6 Å². The third-order valence-corrected chi connectivity index (χ3v) is 6.95. The van der Waals surface area contributed by atoms with E-state index in [1.54, 1.807) is 36.7 Å². The molecule has 0 unspecified atom stereocenters. The molecule has 0 radical (unpaired) electrons. The molecule has 30 heavy (non-hydrogen) atoms. The molecule has 1 aliphatic heterocycles. The number of thiazole rings is 1. The van der Waals surface area contributed by atoms with Crippen LogP contribution >= 0.6 is 11.3 Å². The molecule has 0 saturated heterocycles. The third-order valence-electron chi connectivity index (χ3n) is 4.64. The predicted octanol–water partition coefficient (Wildman–Crippen LogP) is 1.96. The Morgan fingerprint density at radius 2 is 1.67 bits per heavy atom. The van der Waals surface area contributed by atoms with Gasteiger partial charge in [0.05, 0.1) is 22.6 Å². The number of fused-ring (bicyclic) bond motifs is 1. The Labute approximate surface area is 177 Å². The van der Waals surface area contributed by atoms with E-state index in [1.165, 1.54) is 11.3 Å². The monoisotopic (exact) mass is 442 g/mol. The van der Waals surface area contributed by atoms with Gasteiger partial charge in [0.15, 0.2) is 0 Å². The number of carbonyl (C=O) groups is 2. The van der Waals surface area contributed by atoms with Gasteiger partial charge in [0, 0.05) is 42.8 Å². The Morgan fingerprint density at radius 3 is 2.33 bits per heavy atom. The fourth-order valence-electron chi connectivity index (χ4n) is 3.11.